The SMILES string of the molecule is CN(C)C1CCN(c2cc(-c3c(N)nn4cccnc34)ncn2)C1. The molecule has 3 aromatic rings. The lowest BCUT2D eigenvalue weighted by Crippen LogP contribution is -2.31. The van der Waals surface area contributed by atoms with Crippen molar-refractivity contribution in [2.45, 2.75) is 12.5 Å². The standard InChI is InChI=1S/C16H20N8/c1-22(2)11-4-7-23(9-11)13-8-12(19-10-20-13)14-15(17)21-24-6-3-5-18-16(14)24/h3,5-6,8,10-11H,4,7,9H2,1-2H3,(H2,17,21). The van der Waals surface area contributed by atoms with E-state index < -0.39 is 0 Å². The summed E-state index contributed by atoms with van der Waals surface area (Å²) >= 11 is 0. The minimum Gasteiger partial charge on any atom is -0.382 e. The first-order valence-electron chi connectivity index (χ1n) is 7.96. The Morgan fingerprint density at radius 1 is 1.25 bits per heavy atom. The van der Waals surface area contributed by atoms with E-state index >= 15 is 0 Å². The van der Waals surface area contributed by atoms with Crippen LogP contribution in [0.15, 0.2) is 30.9 Å². The number of likely N-dealkylation sites (N-methyl/N-ethyl adjacent to an activating group) is 1. The lowest BCUT2D eigenvalue weighted by molar-refractivity contribution is 0.315. The highest BCUT2D eigenvalue weighted by atomic mass is 15.3. The van der Waals surface area contributed by atoms with Crippen LogP contribution in [0.1, 0.15) is 6.42 Å². The normalized spacial score (nSPS) is 18.0. The van der Waals surface area contributed by atoms with Gasteiger partial charge in [0.2, 0.25) is 0 Å². The molecule has 4 heterocycles. The van der Waals surface area contributed by atoms with E-state index in [-0.39, 0.29) is 0 Å². The Hall–Kier alpha value is -2.74. The first-order chi connectivity index (χ1) is 11.6. The van der Waals surface area contributed by atoms with Gasteiger partial charge in [0, 0.05) is 37.6 Å². The van der Waals surface area contributed by atoms with E-state index in [9.17, 15) is 0 Å². The molecule has 1 saturated heterocycles. The van der Waals surface area contributed by atoms with Crippen LogP contribution < -0.4 is 10.6 Å². The van der Waals surface area contributed by atoms with Crippen LogP contribution in [0.25, 0.3) is 16.9 Å². The highest BCUT2D eigenvalue weighted by Crippen LogP contribution is 2.30. The number of anilines is 2. The number of nitrogens with zero attached hydrogens (tertiary/aromatic N) is 7. The molecule has 0 bridgehead atoms. The van der Waals surface area contributed by atoms with Gasteiger partial charge in [0.05, 0.1) is 11.3 Å². The second-order valence-corrected chi connectivity index (χ2v) is 6.26. The quantitative estimate of drug-likeness (QED) is 0.766. The van der Waals surface area contributed by atoms with E-state index in [1.807, 2.05) is 18.3 Å². The van der Waals surface area contributed by atoms with E-state index in [4.69, 9.17) is 5.73 Å². The summed E-state index contributed by atoms with van der Waals surface area (Å²) in [6.45, 7) is 1.95. The highest BCUT2D eigenvalue weighted by molar-refractivity contribution is 5.84. The van der Waals surface area contributed by atoms with Crippen LogP contribution in [0.3, 0.4) is 0 Å². The molecule has 1 unspecified atom stereocenters. The van der Waals surface area contributed by atoms with E-state index in [1.54, 1.807) is 17.0 Å². The van der Waals surface area contributed by atoms with Crippen LogP contribution in [-0.4, -0.2) is 62.7 Å². The Labute approximate surface area is 139 Å². The topological polar surface area (TPSA) is 88.5 Å². The van der Waals surface area contributed by atoms with Crippen molar-refractivity contribution in [1.29, 1.82) is 0 Å². The second kappa shape index (κ2) is 5.72. The molecule has 0 aliphatic carbocycles. The molecular weight excluding hydrogens is 304 g/mol. The van der Waals surface area contributed by atoms with E-state index in [2.05, 4.69) is 43.9 Å². The van der Waals surface area contributed by atoms with Crippen molar-refractivity contribution in [3.8, 4) is 11.3 Å². The van der Waals surface area contributed by atoms with Gasteiger partial charge in [0.1, 0.15) is 12.1 Å². The van der Waals surface area contributed by atoms with Crippen molar-refractivity contribution in [2.24, 2.45) is 0 Å². The summed E-state index contributed by atoms with van der Waals surface area (Å²) in [4.78, 5) is 17.8. The molecule has 1 aliphatic rings. The largest absolute Gasteiger partial charge is 0.382 e. The van der Waals surface area contributed by atoms with Crippen molar-refractivity contribution in [2.75, 3.05) is 37.8 Å². The minimum absolute atomic E-state index is 0.422. The summed E-state index contributed by atoms with van der Waals surface area (Å²) in [5.74, 6) is 1.34. The zero-order valence-electron chi connectivity index (χ0n) is 13.8. The van der Waals surface area contributed by atoms with Crippen LogP contribution in [-0.2, 0) is 0 Å². The Kier molecular flexibility index (Phi) is 3.53. The number of nitrogen functional groups attached to an aromatic ring is 1. The minimum atomic E-state index is 0.422. The molecule has 2 N–H and O–H groups in total. The lowest BCUT2D eigenvalue weighted by atomic mass is 10.2. The summed E-state index contributed by atoms with van der Waals surface area (Å²) in [5, 5.41) is 4.30. The molecule has 1 atom stereocenters. The fourth-order valence-electron chi connectivity index (χ4n) is 3.18. The lowest BCUT2D eigenvalue weighted by Gasteiger charge is -2.21. The zero-order valence-corrected chi connectivity index (χ0v) is 13.8. The van der Waals surface area contributed by atoms with E-state index in [1.165, 1.54) is 0 Å². The van der Waals surface area contributed by atoms with E-state index in [0.717, 1.165) is 36.6 Å². The van der Waals surface area contributed by atoms with Gasteiger partial charge in [-0.05, 0) is 26.6 Å². The van der Waals surface area contributed by atoms with Crippen LogP contribution in [0.2, 0.25) is 0 Å². The number of hydrogen-bond donors (Lipinski definition) is 1. The summed E-state index contributed by atoms with van der Waals surface area (Å²) < 4.78 is 1.67. The van der Waals surface area contributed by atoms with Gasteiger partial charge in [-0.25, -0.2) is 19.5 Å². The van der Waals surface area contributed by atoms with Gasteiger partial charge in [-0.2, -0.15) is 0 Å². The van der Waals surface area contributed by atoms with Gasteiger partial charge in [0.25, 0.3) is 0 Å². The van der Waals surface area contributed by atoms with Crippen molar-refractivity contribution in [1.82, 2.24) is 29.5 Å². The summed E-state index contributed by atoms with van der Waals surface area (Å²) in [7, 11) is 4.23. The maximum Gasteiger partial charge on any atom is 0.166 e. The molecule has 8 nitrogen and oxygen atoms in total. The molecule has 1 fully saturated rings. The highest BCUT2D eigenvalue weighted by Gasteiger charge is 2.25. The molecule has 1 aliphatic heterocycles. The number of rotatable bonds is 3. The Bertz CT molecular complexity index is 871. The molecule has 0 aromatic carbocycles. The maximum atomic E-state index is 6.10. The predicted octanol–water partition coefficient (Wildman–Crippen LogP) is 0.909. The summed E-state index contributed by atoms with van der Waals surface area (Å²) in [6, 6.07) is 4.34. The van der Waals surface area contributed by atoms with Crippen LogP contribution in [0, 0.1) is 0 Å². The third-order valence-electron chi connectivity index (χ3n) is 4.55. The molecular formula is C16H20N8. The summed E-state index contributed by atoms with van der Waals surface area (Å²) in [6.07, 6.45) is 6.27. The Morgan fingerprint density at radius 3 is 2.92 bits per heavy atom. The first kappa shape index (κ1) is 14.8. The van der Waals surface area contributed by atoms with Crippen LogP contribution in [0.5, 0.6) is 0 Å². The molecule has 4 rings (SSSR count). The smallest absolute Gasteiger partial charge is 0.166 e. The average molecular weight is 324 g/mol. The van der Waals surface area contributed by atoms with Crippen molar-refractivity contribution in [3.05, 3.63) is 30.9 Å². The Balaban J connectivity index is 1.71. The molecule has 3 aromatic heterocycles. The van der Waals surface area contributed by atoms with Crippen molar-refractivity contribution < 1.29 is 0 Å². The Morgan fingerprint density at radius 2 is 2.12 bits per heavy atom. The third-order valence-corrected chi connectivity index (χ3v) is 4.55. The number of aromatic nitrogens is 5. The average Bonchev–Trinajstić information content (AvgIpc) is 3.19. The third kappa shape index (κ3) is 2.44. The fraction of sp³-hybridized carbons (Fsp3) is 0.375. The molecule has 0 radical (unpaired) electrons. The van der Waals surface area contributed by atoms with Gasteiger partial charge >= 0.3 is 0 Å². The van der Waals surface area contributed by atoms with Gasteiger partial charge < -0.3 is 15.5 Å². The number of fused-ring (bicyclic) bond motifs is 1. The van der Waals surface area contributed by atoms with Crippen molar-refractivity contribution >= 4 is 17.3 Å². The van der Waals surface area contributed by atoms with Crippen LogP contribution >= 0.6 is 0 Å². The maximum absolute atomic E-state index is 6.10. The summed E-state index contributed by atoms with van der Waals surface area (Å²) in [5.41, 5.74) is 8.30. The molecule has 124 valence electrons. The monoisotopic (exact) mass is 324 g/mol. The zero-order chi connectivity index (χ0) is 16.7. The van der Waals surface area contributed by atoms with E-state index in [0.29, 0.717) is 17.5 Å². The second-order valence-electron chi connectivity index (χ2n) is 6.26. The fourth-order valence-corrected chi connectivity index (χ4v) is 3.18. The molecule has 24 heavy (non-hydrogen) atoms. The molecule has 0 saturated carbocycles. The van der Waals surface area contributed by atoms with Gasteiger partial charge in [-0.3, -0.25) is 0 Å². The van der Waals surface area contributed by atoms with Crippen molar-refractivity contribution in [3.63, 3.8) is 0 Å². The molecule has 0 amide bonds. The number of hydrogen-bond acceptors (Lipinski definition) is 7. The van der Waals surface area contributed by atoms with Gasteiger partial charge in [-0.15, -0.1) is 5.10 Å². The van der Waals surface area contributed by atoms with Gasteiger partial charge in [0.15, 0.2) is 11.5 Å². The molecule has 0 spiro atoms. The van der Waals surface area contributed by atoms with Gasteiger partial charge in [-0.1, -0.05) is 0 Å². The molecule has 8 heteroatoms. The van der Waals surface area contributed by atoms with Crippen LogP contribution in [0.4, 0.5) is 11.6 Å². The first-order valence-corrected chi connectivity index (χ1v) is 7.96. The predicted molar refractivity (Wildman–Crippen MR) is 92.7 cm³/mol. The number of nitrogens with two attached hydrogens (primary N) is 1.